The van der Waals surface area contributed by atoms with Crippen LogP contribution in [0.5, 0.6) is 0 Å². The van der Waals surface area contributed by atoms with Crippen LogP contribution < -0.4 is 20.8 Å². The third-order valence-corrected chi connectivity index (χ3v) is 12.0. The second kappa shape index (κ2) is 9.57. The molecule has 0 amide bonds. The van der Waals surface area contributed by atoms with E-state index in [1.807, 2.05) is 18.4 Å². The van der Waals surface area contributed by atoms with Crippen molar-refractivity contribution in [3.63, 3.8) is 0 Å². The number of anilines is 1. The van der Waals surface area contributed by atoms with Gasteiger partial charge in [-0.3, -0.25) is 0 Å². The van der Waals surface area contributed by atoms with Crippen LogP contribution >= 0.6 is 18.6 Å². The standard InChI is InChI=1S/C26H28NOPS/c1-27(19-20-28)26-18-17-25(30-26)21-29(22-11-5-2-6-12-22,23-13-7-3-8-14-23)24-15-9-4-10-16-24/h2-18,28-29H,19-21H2,1H3. The molecule has 3 aromatic carbocycles. The molecule has 30 heavy (non-hydrogen) atoms. The van der Waals surface area contributed by atoms with E-state index in [2.05, 4.69) is 108 Å². The maximum absolute atomic E-state index is 9.31. The van der Waals surface area contributed by atoms with Crippen LogP contribution in [0, 0.1) is 0 Å². The molecule has 0 unspecified atom stereocenters. The molecular weight excluding hydrogens is 405 g/mol. The number of hydrogen-bond acceptors (Lipinski definition) is 3. The topological polar surface area (TPSA) is 23.5 Å². The number of nitrogens with zero attached hydrogens (tertiary/aromatic N) is 1. The number of likely N-dealkylation sites (N-methyl/N-ethyl adjacent to an activating group) is 1. The van der Waals surface area contributed by atoms with Gasteiger partial charge in [0.05, 0.1) is 0 Å². The Labute approximate surface area is 183 Å². The van der Waals surface area contributed by atoms with E-state index in [4.69, 9.17) is 0 Å². The molecule has 0 fully saturated rings. The van der Waals surface area contributed by atoms with Crippen LogP contribution in [0.4, 0.5) is 5.00 Å². The number of aliphatic hydroxyl groups excluding tert-OH is 1. The first-order chi connectivity index (χ1) is 14.7. The summed E-state index contributed by atoms with van der Waals surface area (Å²) in [5.41, 5.74) is 0. The van der Waals surface area contributed by atoms with Crippen molar-refractivity contribution in [1.82, 2.24) is 0 Å². The predicted octanol–water partition coefficient (Wildman–Crippen LogP) is 4.40. The van der Waals surface area contributed by atoms with E-state index in [1.165, 1.54) is 25.8 Å². The summed E-state index contributed by atoms with van der Waals surface area (Å²) in [5.74, 6) is 0. The first kappa shape index (κ1) is 20.8. The monoisotopic (exact) mass is 433 g/mol. The van der Waals surface area contributed by atoms with Crippen LogP contribution in [0.2, 0.25) is 0 Å². The summed E-state index contributed by atoms with van der Waals surface area (Å²) in [6.07, 6.45) is 1.02. The maximum atomic E-state index is 9.31. The summed E-state index contributed by atoms with van der Waals surface area (Å²) < 4.78 is 0. The van der Waals surface area contributed by atoms with Gasteiger partial charge in [0.15, 0.2) is 0 Å². The SMILES string of the molecule is CN(CCO)c1ccc(C[PH](c2ccccc2)(c2ccccc2)c2ccccc2)s1. The molecule has 4 rings (SSSR count). The van der Waals surface area contributed by atoms with Crippen molar-refractivity contribution >= 4 is 39.5 Å². The van der Waals surface area contributed by atoms with E-state index < -0.39 is 7.26 Å². The van der Waals surface area contributed by atoms with Gasteiger partial charge in [-0.05, 0) is 0 Å². The van der Waals surface area contributed by atoms with E-state index >= 15 is 0 Å². The van der Waals surface area contributed by atoms with Crippen molar-refractivity contribution in [3.05, 3.63) is 108 Å². The molecule has 0 atom stereocenters. The zero-order valence-corrected chi connectivity index (χ0v) is 19.1. The average molecular weight is 434 g/mol. The summed E-state index contributed by atoms with van der Waals surface area (Å²) in [6, 6.07) is 37.6. The molecule has 2 nitrogen and oxygen atoms in total. The van der Waals surface area contributed by atoms with E-state index in [1.54, 1.807) is 0 Å². The Morgan fingerprint density at radius 1 is 0.700 bits per heavy atom. The molecule has 0 spiro atoms. The Bertz CT molecular complexity index is 953. The van der Waals surface area contributed by atoms with E-state index in [0.29, 0.717) is 6.54 Å². The zero-order valence-electron chi connectivity index (χ0n) is 17.2. The molecular formula is C26H28NOPS. The average Bonchev–Trinajstić information content (AvgIpc) is 3.28. The summed E-state index contributed by atoms with van der Waals surface area (Å²) in [5, 5.41) is 14.8. The van der Waals surface area contributed by atoms with E-state index in [-0.39, 0.29) is 6.61 Å². The van der Waals surface area contributed by atoms with Crippen LogP contribution in [0.25, 0.3) is 0 Å². The molecule has 4 heteroatoms. The van der Waals surface area contributed by atoms with E-state index in [9.17, 15) is 5.11 Å². The summed E-state index contributed by atoms with van der Waals surface area (Å²) >= 11 is 1.84. The van der Waals surface area contributed by atoms with Gasteiger partial charge in [0.1, 0.15) is 0 Å². The van der Waals surface area contributed by atoms with Gasteiger partial charge in [-0.15, -0.1) is 0 Å². The minimum atomic E-state index is -2.26. The normalized spacial score (nSPS) is 11.9. The van der Waals surface area contributed by atoms with Crippen LogP contribution in [0.15, 0.2) is 103 Å². The molecule has 1 aromatic heterocycles. The molecule has 0 saturated carbocycles. The molecule has 154 valence electrons. The van der Waals surface area contributed by atoms with Crippen molar-refractivity contribution < 1.29 is 5.11 Å². The van der Waals surface area contributed by atoms with E-state index in [0.717, 1.165) is 6.16 Å². The molecule has 0 aliphatic rings. The zero-order chi connectivity index (χ0) is 20.8. The second-order valence-corrected chi connectivity index (χ2v) is 12.6. The molecule has 0 aliphatic heterocycles. The van der Waals surface area contributed by atoms with Crippen LogP contribution in [0.3, 0.4) is 0 Å². The van der Waals surface area contributed by atoms with Crippen molar-refractivity contribution in [2.75, 3.05) is 25.1 Å². The third kappa shape index (κ3) is 4.20. The fourth-order valence-electron chi connectivity index (χ4n) is 4.16. The Hall–Kier alpha value is -2.45. The number of rotatable bonds is 8. The minimum absolute atomic E-state index is 0.167. The number of benzene rings is 3. The molecule has 1 N–H and O–H groups in total. The molecule has 4 aromatic rings. The van der Waals surface area contributed by atoms with Gasteiger partial charge in [0, 0.05) is 0 Å². The molecule has 1 heterocycles. The van der Waals surface area contributed by atoms with Gasteiger partial charge in [-0.25, -0.2) is 0 Å². The van der Waals surface area contributed by atoms with Crippen molar-refractivity contribution in [3.8, 4) is 0 Å². The van der Waals surface area contributed by atoms with Crippen LogP contribution in [-0.2, 0) is 6.16 Å². The van der Waals surface area contributed by atoms with Crippen LogP contribution in [0.1, 0.15) is 4.88 Å². The summed E-state index contributed by atoms with van der Waals surface area (Å²) in [7, 11) is -0.218. The van der Waals surface area contributed by atoms with Gasteiger partial charge >= 0.3 is 184 Å². The molecule has 0 saturated heterocycles. The van der Waals surface area contributed by atoms with Crippen molar-refractivity contribution in [2.24, 2.45) is 0 Å². The van der Waals surface area contributed by atoms with Gasteiger partial charge in [-0.1, -0.05) is 0 Å². The van der Waals surface area contributed by atoms with Gasteiger partial charge in [0.2, 0.25) is 0 Å². The molecule has 0 bridgehead atoms. The number of aliphatic hydroxyl groups is 1. The van der Waals surface area contributed by atoms with Gasteiger partial charge in [0.25, 0.3) is 0 Å². The fraction of sp³-hybridized carbons (Fsp3) is 0.154. The Balaban J connectivity index is 1.87. The van der Waals surface area contributed by atoms with Crippen molar-refractivity contribution in [2.45, 2.75) is 6.16 Å². The van der Waals surface area contributed by atoms with Gasteiger partial charge < -0.3 is 0 Å². The quantitative estimate of drug-likeness (QED) is 0.416. The molecule has 0 aliphatic carbocycles. The predicted molar refractivity (Wildman–Crippen MR) is 135 cm³/mol. The fourth-order valence-corrected chi connectivity index (χ4v) is 10.4. The Kier molecular flexibility index (Phi) is 6.64. The van der Waals surface area contributed by atoms with Crippen LogP contribution in [-0.4, -0.2) is 25.3 Å². The summed E-state index contributed by atoms with van der Waals surface area (Å²) in [6.45, 7) is 0.818. The Morgan fingerprint density at radius 3 is 1.60 bits per heavy atom. The van der Waals surface area contributed by atoms with Crippen molar-refractivity contribution in [1.29, 1.82) is 0 Å². The third-order valence-electron chi connectivity index (χ3n) is 5.70. The number of hydrogen-bond donors (Lipinski definition) is 1. The Morgan fingerprint density at radius 2 is 1.17 bits per heavy atom. The first-order valence-corrected chi connectivity index (χ1v) is 13.3. The molecule has 0 radical (unpaired) electrons. The first-order valence-electron chi connectivity index (χ1n) is 10.3. The number of thiophene rings is 1. The summed E-state index contributed by atoms with van der Waals surface area (Å²) in [4.78, 5) is 3.52. The second-order valence-electron chi connectivity index (χ2n) is 7.57. The van der Waals surface area contributed by atoms with Gasteiger partial charge in [-0.2, -0.15) is 0 Å².